The van der Waals surface area contributed by atoms with Gasteiger partial charge in [0.1, 0.15) is 0 Å². The fraction of sp³-hybridized carbons (Fsp3) is 0.733. The normalized spacial score (nSPS) is 43.3. The number of allylic oxidation sites excluding steroid dienone is 2. The molecule has 0 radical (unpaired) electrons. The highest BCUT2D eigenvalue weighted by Gasteiger charge is 2.62. The topological polar surface area (TPSA) is 34.1 Å². The Kier molecular flexibility index (Phi) is 1.91. The highest BCUT2D eigenvalue weighted by molar-refractivity contribution is 6.13. The first-order chi connectivity index (χ1) is 7.77. The minimum absolute atomic E-state index is 0.0284. The maximum absolute atomic E-state index is 12.6. The molecule has 0 bridgehead atoms. The van der Waals surface area contributed by atoms with Gasteiger partial charge < -0.3 is 0 Å². The van der Waals surface area contributed by atoms with Crippen molar-refractivity contribution in [1.82, 2.24) is 0 Å². The molecule has 1 saturated carbocycles. The Labute approximate surface area is 102 Å². The number of Topliss-reactive ketones (excluding diaryl/α,β-unsaturated/α-hetero) is 2. The van der Waals surface area contributed by atoms with Gasteiger partial charge in [0.15, 0.2) is 11.6 Å². The monoisotopic (exact) mass is 232 g/mol. The average Bonchev–Trinajstić information content (AvgIpc) is 2.71. The Morgan fingerprint density at radius 3 is 2.41 bits per heavy atom. The average molecular weight is 232 g/mol. The van der Waals surface area contributed by atoms with Crippen LogP contribution in [0.4, 0.5) is 0 Å². The van der Waals surface area contributed by atoms with Crippen LogP contribution in [-0.4, -0.2) is 11.6 Å². The van der Waals surface area contributed by atoms with E-state index >= 15 is 0 Å². The Morgan fingerprint density at radius 1 is 1.12 bits per heavy atom. The highest BCUT2D eigenvalue weighted by Crippen LogP contribution is 2.66. The molecule has 3 atom stereocenters. The van der Waals surface area contributed by atoms with Gasteiger partial charge >= 0.3 is 0 Å². The summed E-state index contributed by atoms with van der Waals surface area (Å²) in [6, 6.07) is 0. The summed E-state index contributed by atoms with van der Waals surface area (Å²) in [5.41, 5.74) is 1.53. The number of carbonyl (C=O) groups excluding carboxylic acids is 2. The number of carbonyl (C=O) groups is 2. The van der Waals surface area contributed by atoms with E-state index in [0.717, 1.165) is 24.0 Å². The lowest BCUT2D eigenvalue weighted by Crippen LogP contribution is -2.27. The zero-order chi connectivity index (χ0) is 12.6. The summed E-state index contributed by atoms with van der Waals surface area (Å²) in [7, 11) is 0. The molecule has 0 amide bonds. The second-order valence-corrected chi connectivity index (χ2v) is 7.05. The van der Waals surface area contributed by atoms with E-state index in [1.165, 1.54) is 0 Å². The lowest BCUT2D eigenvalue weighted by atomic mass is 9.78. The van der Waals surface area contributed by atoms with Crippen molar-refractivity contribution < 1.29 is 9.59 Å². The molecule has 3 rings (SSSR count). The molecule has 0 saturated heterocycles. The molecule has 3 aliphatic carbocycles. The van der Waals surface area contributed by atoms with Gasteiger partial charge in [0, 0.05) is 23.0 Å². The van der Waals surface area contributed by atoms with Crippen LogP contribution >= 0.6 is 0 Å². The molecule has 2 nitrogen and oxygen atoms in total. The molecule has 0 aliphatic heterocycles. The summed E-state index contributed by atoms with van der Waals surface area (Å²) in [6.07, 6.45) is 2.59. The van der Waals surface area contributed by atoms with E-state index in [-0.39, 0.29) is 28.3 Å². The van der Waals surface area contributed by atoms with Crippen molar-refractivity contribution in [3.8, 4) is 0 Å². The summed E-state index contributed by atoms with van der Waals surface area (Å²) in [5, 5.41) is 0. The van der Waals surface area contributed by atoms with Gasteiger partial charge in [0.05, 0.1) is 0 Å². The summed E-state index contributed by atoms with van der Waals surface area (Å²) < 4.78 is 0. The van der Waals surface area contributed by atoms with Gasteiger partial charge in [-0.3, -0.25) is 9.59 Å². The molecule has 2 heteroatoms. The van der Waals surface area contributed by atoms with Crippen LogP contribution in [0.1, 0.15) is 47.0 Å². The van der Waals surface area contributed by atoms with Gasteiger partial charge in [-0.25, -0.2) is 0 Å². The first-order valence-corrected chi connectivity index (χ1v) is 6.60. The van der Waals surface area contributed by atoms with Gasteiger partial charge in [-0.1, -0.05) is 27.7 Å². The van der Waals surface area contributed by atoms with Crippen LogP contribution < -0.4 is 0 Å². The zero-order valence-corrected chi connectivity index (χ0v) is 11.1. The number of fused-ring (bicyclic) bond motifs is 2. The molecule has 0 aromatic rings. The van der Waals surface area contributed by atoms with Crippen molar-refractivity contribution in [3.63, 3.8) is 0 Å². The van der Waals surface area contributed by atoms with Crippen LogP contribution in [0.2, 0.25) is 0 Å². The van der Waals surface area contributed by atoms with Gasteiger partial charge in [-0.2, -0.15) is 0 Å². The van der Waals surface area contributed by atoms with E-state index in [2.05, 4.69) is 6.92 Å². The summed E-state index contributed by atoms with van der Waals surface area (Å²) >= 11 is 0. The standard InChI is InChI=1S/C15H20O2/c1-8-5-10(16)12-11(8)13(17)14(2,3)6-9-7-15(9,12)4/h8-9H,5-7H2,1-4H3. The van der Waals surface area contributed by atoms with Crippen LogP contribution in [0.5, 0.6) is 0 Å². The van der Waals surface area contributed by atoms with Crippen LogP contribution in [0.15, 0.2) is 11.1 Å². The van der Waals surface area contributed by atoms with Crippen LogP contribution in [-0.2, 0) is 9.59 Å². The first-order valence-electron chi connectivity index (χ1n) is 6.60. The van der Waals surface area contributed by atoms with E-state index in [4.69, 9.17) is 0 Å². The SMILES string of the molecule is CC1CC(=O)C2=C1C(=O)C(C)(C)CC1CC21C. The molecule has 0 heterocycles. The Morgan fingerprint density at radius 2 is 1.76 bits per heavy atom. The zero-order valence-electron chi connectivity index (χ0n) is 11.1. The Hall–Kier alpha value is -0.920. The number of hydrogen-bond acceptors (Lipinski definition) is 2. The Bertz CT molecular complexity index is 469. The predicted octanol–water partition coefficient (Wildman–Crippen LogP) is 2.92. The number of hydrogen-bond donors (Lipinski definition) is 0. The molecule has 3 aliphatic rings. The predicted molar refractivity (Wildman–Crippen MR) is 65.4 cm³/mol. The molecular formula is C15H20O2. The lowest BCUT2D eigenvalue weighted by molar-refractivity contribution is -0.124. The van der Waals surface area contributed by atoms with E-state index in [1.54, 1.807) is 0 Å². The van der Waals surface area contributed by atoms with Crippen LogP contribution in [0.25, 0.3) is 0 Å². The van der Waals surface area contributed by atoms with Crippen LogP contribution in [0, 0.1) is 22.7 Å². The van der Waals surface area contributed by atoms with Crippen molar-refractivity contribution in [2.24, 2.45) is 22.7 Å². The van der Waals surface area contributed by atoms with Crippen molar-refractivity contribution in [3.05, 3.63) is 11.1 Å². The lowest BCUT2D eigenvalue weighted by Gasteiger charge is -2.24. The molecule has 0 spiro atoms. The van der Waals surface area contributed by atoms with Crippen molar-refractivity contribution >= 4 is 11.6 Å². The van der Waals surface area contributed by atoms with E-state index in [9.17, 15) is 9.59 Å². The fourth-order valence-electron chi connectivity index (χ4n) is 3.97. The van der Waals surface area contributed by atoms with Crippen LogP contribution in [0.3, 0.4) is 0 Å². The highest BCUT2D eigenvalue weighted by atomic mass is 16.1. The molecule has 1 fully saturated rings. The van der Waals surface area contributed by atoms with Gasteiger partial charge in [-0.15, -0.1) is 0 Å². The summed E-state index contributed by atoms with van der Waals surface area (Å²) in [4.78, 5) is 24.8. The quantitative estimate of drug-likeness (QED) is 0.643. The number of ketones is 2. The summed E-state index contributed by atoms with van der Waals surface area (Å²) in [6.45, 7) is 8.29. The van der Waals surface area contributed by atoms with E-state index in [0.29, 0.717) is 12.3 Å². The molecule has 92 valence electrons. The van der Waals surface area contributed by atoms with Crippen molar-refractivity contribution in [2.45, 2.75) is 47.0 Å². The third kappa shape index (κ3) is 1.27. The third-order valence-corrected chi connectivity index (χ3v) is 5.13. The smallest absolute Gasteiger partial charge is 0.165 e. The third-order valence-electron chi connectivity index (χ3n) is 5.13. The minimum atomic E-state index is -0.279. The molecule has 0 N–H and O–H groups in total. The Balaban J connectivity index is 2.21. The summed E-state index contributed by atoms with van der Waals surface area (Å²) in [5.74, 6) is 1.16. The molecule has 0 aromatic heterocycles. The van der Waals surface area contributed by atoms with Crippen molar-refractivity contribution in [2.75, 3.05) is 0 Å². The molecular weight excluding hydrogens is 212 g/mol. The molecule has 0 aromatic carbocycles. The second kappa shape index (κ2) is 2.90. The second-order valence-electron chi connectivity index (χ2n) is 7.05. The van der Waals surface area contributed by atoms with Gasteiger partial charge in [0.2, 0.25) is 0 Å². The fourth-order valence-corrected chi connectivity index (χ4v) is 3.97. The number of rotatable bonds is 0. The van der Waals surface area contributed by atoms with Crippen molar-refractivity contribution in [1.29, 1.82) is 0 Å². The minimum Gasteiger partial charge on any atom is -0.294 e. The molecule has 3 unspecified atom stereocenters. The van der Waals surface area contributed by atoms with Gasteiger partial charge in [-0.05, 0) is 30.1 Å². The largest absolute Gasteiger partial charge is 0.294 e. The van der Waals surface area contributed by atoms with E-state index in [1.807, 2.05) is 20.8 Å². The van der Waals surface area contributed by atoms with E-state index < -0.39 is 0 Å². The maximum atomic E-state index is 12.6. The maximum Gasteiger partial charge on any atom is 0.165 e. The molecule has 17 heavy (non-hydrogen) atoms. The van der Waals surface area contributed by atoms with Gasteiger partial charge in [0.25, 0.3) is 0 Å². The first kappa shape index (κ1) is 11.2.